The van der Waals surface area contributed by atoms with Crippen LogP contribution < -0.4 is 10.6 Å². The van der Waals surface area contributed by atoms with E-state index >= 15 is 0 Å². The SMILES string of the molecule is Cc1cccc([C@H]2[C@@H](c3nc(C)c(C(N)=O)s3)[C@@H](C)C(=O)N2c2ccc3c(cnn3-c3ccc(F)cc3)c2)c1. The Morgan fingerprint density at radius 2 is 1.77 bits per heavy atom. The fourth-order valence-corrected chi connectivity index (χ4v) is 6.69. The van der Waals surface area contributed by atoms with Gasteiger partial charge in [0.15, 0.2) is 0 Å². The largest absolute Gasteiger partial charge is 0.365 e. The van der Waals surface area contributed by atoms with Crippen molar-refractivity contribution in [2.75, 3.05) is 4.90 Å². The molecule has 0 aliphatic carbocycles. The minimum Gasteiger partial charge on any atom is -0.365 e. The Hall–Kier alpha value is -4.37. The molecule has 39 heavy (non-hydrogen) atoms. The van der Waals surface area contributed by atoms with Crippen molar-refractivity contribution in [1.82, 2.24) is 14.8 Å². The Bertz CT molecular complexity index is 1740. The van der Waals surface area contributed by atoms with E-state index in [2.05, 4.69) is 11.2 Å². The Balaban J connectivity index is 1.48. The molecule has 0 spiro atoms. The van der Waals surface area contributed by atoms with Gasteiger partial charge in [-0.05, 0) is 61.9 Å². The highest BCUT2D eigenvalue weighted by molar-refractivity contribution is 7.13. The van der Waals surface area contributed by atoms with Crippen LogP contribution in [0.4, 0.5) is 10.1 Å². The monoisotopic (exact) mass is 539 g/mol. The van der Waals surface area contributed by atoms with Crippen LogP contribution in [0.2, 0.25) is 0 Å². The first-order valence-electron chi connectivity index (χ1n) is 12.6. The molecule has 2 aromatic heterocycles. The Morgan fingerprint density at radius 3 is 2.46 bits per heavy atom. The minimum atomic E-state index is -0.513. The molecule has 2 N–H and O–H groups in total. The van der Waals surface area contributed by atoms with E-state index in [4.69, 9.17) is 10.7 Å². The average molecular weight is 540 g/mol. The summed E-state index contributed by atoms with van der Waals surface area (Å²) in [6, 6.07) is 19.8. The molecule has 1 fully saturated rings. The third-order valence-corrected chi connectivity index (χ3v) is 8.66. The second-order valence-corrected chi connectivity index (χ2v) is 11.0. The van der Waals surface area contributed by atoms with Crippen LogP contribution in [0.5, 0.6) is 0 Å². The fraction of sp³-hybridized carbons (Fsp3) is 0.200. The van der Waals surface area contributed by atoms with Crippen molar-refractivity contribution in [3.63, 3.8) is 0 Å². The molecule has 3 atom stereocenters. The van der Waals surface area contributed by atoms with Crippen LogP contribution in [0.1, 0.15) is 50.4 Å². The summed E-state index contributed by atoms with van der Waals surface area (Å²) in [4.78, 5) is 32.9. The highest BCUT2D eigenvalue weighted by Crippen LogP contribution is 2.51. The lowest BCUT2D eigenvalue weighted by molar-refractivity contribution is -0.120. The number of nitrogens with two attached hydrogens (primary N) is 1. The van der Waals surface area contributed by atoms with Crippen LogP contribution >= 0.6 is 11.3 Å². The van der Waals surface area contributed by atoms with Gasteiger partial charge < -0.3 is 10.6 Å². The number of aryl methyl sites for hydroxylation is 2. The van der Waals surface area contributed by atoms with E-state index in [0.29, 0.717) is 10.6 Å². The predicted molar refractivity (Wildman–Crippen MR) is 150 cm³/mol. The first-order valence-corrected chi connectivity index (χ1v) is 13.4. The maximum Gasteiger partial charge on any atom is 0.260 e. The van der Waals surface area contributed by atoms with Gasteiger partial charge in [0.25, 0.3) is 5.91 Å². The number of carbonyl (C=O) groups is 2. The molecule has 7 nitrogen and oxygen atoms in total. The molecule has 0 saturated carbocycles. The van der Waals surface area contributed by atoms with Crippen LogP contribution in [-0.2, 0) is 4.79 Å². The summed E-state index contributed by atoms with van der Waals surface area (Å²) in [6.07, 6.45) is 1.74. The standard InChI is InChI=1S/C30H26FN5O2S/c1-16-5-4-6-19(13-16)26-25(29-34-18(3)27(39-29)28(32)37)17(2)30(38)35(26)23-11-12-24-20(14-23)15-33-36(24)22-9-7-21(31)8-10-22/h4-15,17,25-26H,1-3H3,(H2,32,37)/t17-,25+,26+/m1/s1. The van der Waals surface area contributed by atoms with Crippen molar-refractivity contribution in [2.45, 2.75) is 32.7 Å². The molecule has 9 heteroatoms. The highest BCUT2D eigenvalue weighted by atomic mass is 32.1. The number of hydrogen-bond donors (Lipinski definition) is 1. The van der Waals surface area contributed by atoms with Crippen molar-refractivity contribution < 1.29 is 14.0 Å². The third-order valence-electron chi connectivity index (χ3n) is 7.39. The number of hydrogen-bond acceptors (Lipinski definition) is 5. The summed E-state index contributed by atoms with van der Waals surface area (Å²) < 4.78 is 15.2. The zero-order chi connectivity index (χ0) is 27.4. The highest BCUT2D eigenvalue weighted by Gasteiger charge is 2.49. The predicted octanol–water partition coefficient (Wildman–Crippen LogP) is 5.84. The Morgan fingerprint density at radius 1 is 1.03 bits per heavy atom. The topological polar surface area (TPSA) is 94.1 Å². The minimum absolute atomic E-state index is 0.0229. The second-order valence-electron chi connectivity index (χ2n) is 9.99. The molecule has 1 saturated heterocycles. The Labute approximate surface area is 228 Å². The molecule has 0 unspecified atom stereocenters. The lowest BCUT2D eigenvalue weighted by atomic mass is 9.87. The number of nitrogens with zero attached hydrogens (tertiary/aromatic N) is 4. The van der Waals surface area contributed by atoms with E-state index in [1.165, 1.54) is 23.5 Å². The van der Waals surface area contributed by atoms with E-state index in [1.807, 2.05) is 55.1 Å². The molecule has 6 rings (SSSR count). The Kier molecular flexibility index (Phi) is 6.03. The van der Waals surface area contributed by atoms with Gasteiger partial charge in [0, 0.05) is 22.9 Å². The number of rotatable bonds is 5. The number of fused-ring (bicyclic) bond motifs is 1. The van der Waals surface area contributed by atoms with Gasteiger partial charge in [0.05, 0.1) is 34.1 Å². The zero-order valence-electron chi connectivity index (χ0n) is 21.6. The van der Waals surface area contributed by atoms with Crippen LogP contribution in [0, 0.1) is 25.6 Å². The summed E-state index contributed by atoms with van der Waals surface area (Å²) in [5, 5.41) is 6.09. The van der Waals surface area contributed by atoms with Gasteiger partial charge in [-0.15, -0.1) is 11.3 Å². The molecular formula is C30H26FN5O2S. The lowest BCUT2D eigenvalue weighted by Gasteiger charge is -2.28. The van der Waals surface area contributed by atoms with Gasteiger partial charge in [-0.3, -0.25) is 9.59 Å². The van der Waals surface area contributed by atoms with Gasteiger partial charge >= 0.3 is 0 Å². The van der Waals surface area contributed by atoms with Crippen LogP contribution in [0.25, 0.3) is 16.6 Å². The van der Waals surface area contributed by atoms with Gasteiger partial charge in [-0.25, -0.2) is 14.1 Å². The quantitative estimate of drug-likeness (QED) is 0.303. The lowest BCUT2D eigenvalue weighted by Crippen LogP contribution is -2.29. The number of primary amides is 1. The number of thiazole rings is 1. The molecule has 196 valence electrons. The normalized spacial score (nSPS) is 19.2. The summed E-state index contributed by atoms with van der Waals surface area (Å²) in [5.41, 5.74) is 10.6. The number of amides is 2. The molecule has 5 aromatic rings. The van der Waals surface area contributed by atoms with E-state index in [9.17, 15) is 14.0 Å². The van der Waals surface area contributed by atoms with Crippen molar-refractivity contribution in [3.8, 4) is 5.69 Å². The summed E-state index contributed by atoms with van der Waals surface area (Å²) in [7, 11) is 0. The third kappa shape index (κ3) is 4.19. The first-order chi connectivity index (χ1) is 18.7. The fourth-order valence-electron chi connectivity index (χ4n) is 5.54. The number of aromatic nitrogens is 3. The molecule has 3 aromatic carbocycles. The van der Waals surface area contributed by atoms with Crippen molar-refractivity contribution in [1.29, 1.82) is 0 Å². The number of carbonyl (C=O) groups excluding carboxylic acids is 2. The van der Waals surface area contributed by atoms with Crippen LogP contribution in [-0.4, -0.2) is 26.6 Å². The first kappa shape index (κ1) is 24.9. The van der Waals surface area contributed by atoms with Crippen molar-refractivity contribution in [2.24, 2.45) is 11.7 Å². The maximum atomic E-state index is 13.9. The van der Waals surface area contributed by atoms with E-state index in [1.54, 1.807) is 29.9 Å². The second kappa shape index (κ2) is 9.43. The smallest absolute Gasteiger partial charge is 0.260 e. The maximum absolute atomic E-state index is 13.9. The summed E-state index contributed by atoms with van der Waals surface area (Å²) >= 11 is 1.27. The molecule has 3 heterocycles. The van der Waals surface area contributed by atoms with Crippen LogP contribution in [0.3, 0.4) is 0 Å². The van der Waals surface area contributed by atoms with Crippen molar-refractivity contribution >= 4 is 39.7 Å². The average Bonchev–Trinajstić information content (AvgIpc) is 3.58. The number of anilines is 1. The zero-order valence-corrected chi connectivity index (χ0v) is 22.4. The molecular weight excluding hydrogens is 513 g/mol. The van der Waals surface area contributed by atoms with Gasteiger partial charge in [0.1, 0.15) is 10.7 Å². The van der Waals surface area contributed by atoms with E-state index < -0.39 is 5.91 Å². The molecule has 0 bridgehead atoms. The van der Waals surface area contributed by atoms with Crippen LogP contribution in [0.15, 0.2) is 72.9 Å². The van der Waals surface area contributed by atoms with Gasteiger partial charge in [0.2, 0.25) is 5.91 Å². The summed E-state index contributed by atoms with van der Waals surface area (Å²) in [5.74, 6) is -1.49. The summed E-state index contributed by atoms with van der Waals surface area (Å²) in [6.45, 7) is 5.72. The molecule has 1 aliphatic heterocycles. The van der Waals surface area contributed by atoms with Gasteiger partial charge in [-0.1, -0.05) is 36.8 Å². The van der Waals surface area contributed by atoms with Gasteiger partial charge in [-0.2, -0.15) is 5.10 Å². The number of halogens is 1. The molecule has 0 radical (unpaired) electrons. The molecule has 1 aliphatic rings. The number of benzene rings is 3. The van der Waals surface area contributed by atoms with E-state index in [0.717, 1.165) is 38.4 Å². The van der Waals surface area contributed by atoms with Crippen molar-refractivity contribution in [3.05, 3.63) is 105 Å². The van der Waals surface area contributed by atoms with E-state index in [-0.39, 0.29) is 29.6 Å². The molecule has 2 amide bonds.